The van der Waals surface area contributed by atoms with Crippen molar-refractivity contribution >= 4 is 11.8 Å². The molecule has 2 amide bonds. The van der Waals surface area contributed by atoms with Gasteiger partial charge in [-0.1, -0.05) is 48.5 Å². The molecule has 0 radical (unpaired) electrons. The highest BCUT2D eigenvalue weighted by atomic mass is 16.2. The van der Waals surface area contributed by atoms with Crippen molar-refractivity contribution in [3.63, 3.8) is 0 Å². The molecular weight excluding hydrogens is 314 g/mol. The lowest BCUT2D eigenvalue weighted by atomic mass is 9.89. The fraction of sp³-hybridized carbons (Fsp3) is 0.300. The Kier molecular flexibility index (Phi) is 5.46. The summed E-state index contributed by atoms with van der Waals surface area (Å²) >= 11 is 0. The zero-order valence-electron chi connectivity index (χ0n) is 14.1. The van der Waals surface area contributed by atoms with E-state index in [1.54, 1.807) is 29.2 Å². The van der Waals surface area contributed by atoms with Crippen LogP contribution in [0.4, 0.5) is 0 Å². The van der Waals surface area contributed by atoms with Crippen LogP contribution in [0.3, 0.4) is 0 Å². The molecular formula is C20H23N3O2. The van der Waals surface area contributed by atoms with Gasteiger partial charge in [-0.15, -0.1) is 0 Å². The third-order valence-corrected chi connectivity index (χ3v) is 4.76. The molecule has 5 nitrogen and oxygen atoms in total. The first kappa shape index (κ1) is 17.2. The fourth-order valence-corrected chi connectivity index (χ4v) is 3.35. The smallest absolute Gasteiger partial charge is 0.251 e. The summed E-state index contributed by atoms with van der Waals surface area (Å²) in [7, 11) is 0. The van der Waals surface area contributed by atoms with Gasteiger partial charge in [0.15, 0.2) is 0 Å². The molecule has 0 aromatic heterocycles. The predicted octanol–water partition coefficient (Wildman–Crippen LogP) is 1.62. The lowest BCUT2D eigenvalue weighted by Gasteiger charge is -2.17. The maximum Gasteiger partial charge on any atom is 0.251 e. The van der Waals surface area contributed by atoms with Crippen LogP contribution in [0.5, 0.6) is 0 Å². The Balaban J connectivity index is 1.59. The van der Waals surface area contributed by atoms with Crippen molar-refractivity contribution in [2.45, 2.75) is 5.92 Å². The summed E-state index contributed by atoms with van der Waals surface area (Å²) < 4.78 is 0. The maximum atomic E-state index is 12.5. The van der Waals surface area contributed by atoms with Crippen LogP contribution in [0, 0.1) is 5.92 Å². The van der Waals surface area contributed by atoms with E-state index in [0.29, 0.717) is 25.2 Å². The first-order valence-corrected chi connectivity index (χ1v) is 8.55. The number of benzene rings is 2. The average molecular weight is 337 g/mol. The van der Waals surface area contributed by atoms with Crippen molar-refractivity contribution < 1.29 is 9.59 Å². The summed E-state index contributed by atoms with van der Waals surface area (Å²) in [5, 5.41) is 2.70. The van der Waals surface area contributed by atoms with Gasteiger partial charge in [0.1, 0.15) is 0 Å². The van der Waals surface area contributed by atoms with E-state index in [1.807, 2.05) is 24.3 Å². The molecule has 2 aromatic rings. The van der Waals surface area contributed by atoms with E-state index < -0.39 is 0 Å². The van der Waals surface area contributed by atoms with E-state index in [1.165, 1.54) is 5.56 Å². The minimum absolute atomic E-state index is 0.00648. The molecule has 1 aliphatic heterocycles. The van der Waals surface area contributed by atoms with Crippen molar-refractivity contribution in [3.8, 4) is 0 Å². The lowest BCUT2D eigenvalue weighted by Crippen LogP contribution is -2.39. The van der Waals surface area contributed by atoms with Crippen molar-refractivity contribution in [2.75, 3.05) is 26.2 Å². The summed E-state index contributed by atoms with van der Waals surface area (Å²) in [5.74, 6) is 0.195. The van der Waals surface area contributed by atoms with Crippen LogP contribution < -0.4 is 11.1 Å². The molecule has 1 fully saturated rings. The van der Waals surface area contributed by atoms with Crippen LogP contribution in [-0.4, -0.2) is 42.9 Å². The Hall–Kier alpha value is -2.66. The van der Waals surface area contributed by atoms with Crippen molar-refractivity contribution in [1.29, 1.82) is 0 Å². The molecule has 130 valence electrons. The molecule has 25 heavy (non-hydrogen) atoms. The third-order valence-electron chi connectivity index (χ3n) is 4.76. The Bertz CT molecular complexity index is 718. The normalized spacial score (nSPS) is 19.6. The number of nitrogens with zero attached hydrogens (tertiary/aromatic N) is 1. The molecule has 1 aliphatic rings. The number of carbonyl (C=O) groups is 2. The second-order valence-electron chi connectivity index (χ2n) is 6.36. The maximum absolute atomic E-state index is 12.5. The number of nitrogens with two attached hydrogens (primary N) is 1. The Morgan fingerprint density at radius 3 is 2.28 bits per heavy atom. The van der Waals surface area contributed by atoms with E-state index in [9.17, 15) is 9.59 Å². The van der Waals surface area contributed by atoms with Gasteiger partial charge in [0, 0.05) is 24.6 Å². The quantitative estimate of drug-likeness (QED) is 0.870. The number of carbonyl (C=O) groups excluding carboxylic acids is 2. The molecule has 0 saturated carbocycles. The predicted molar refractivity (Wildman–Crippen MR) is 97.1 cm³/mol. The molecule has 0 bridgehead atoms. The third kappa shape index (κ3) is 4.06. The Labute approximate surface area is 147 Å². The number of hydrogen-bond donors (Lipinski definition) is 2. The molecule has 2 aromatic carbocycles. The van der Waals surface area contributed by atoms with Gasteiger partial charge < -0.3 is 16.0 Å². The molecule has 3 rings (SSSR count). The van der Waals surface area contributed by atoms with E-state index in [-0.39, 0.29) is 30.2 Å². The lowest BCUT2D eigenvalue weighted by molar-refractivity contribution is -0.129. The number of hydrogen-bond acceptors (Lipinski definition) is 3. The van der Waals surface area contributed by atoms with E-state index in [0.717, 1.165) is 0 Å². The Morgan fingerprint density at radius 2 is 1.64 bits per heavy atom. The first-order valence-electron chi connectivity index (χ1n) is 8.55. The molecule has 5 heteroatoms. The number of nitrogens with one attached hydrogen (secondary N) is 1. The molecule has 1 saturated heterocycles. The highest BCUT2D eigenvalue weighted by Crippen LogP contribution is 2.31. The monoisotopic (exact) mass is 337 g/mol. The van der Waals surface area contributed by atoms with Crippen LogP contribution >= 0.6 is 0 Å². The SMILES string of the molecule is NC[C@@H]1CN(C(=O)CNC(=O)c2ccccc2)C[C@H]1c1ccccc1. The number of amides is 2. The molecule has 0 aliphatic carbocycles. The largest absolute Gasteiger partial charge is 0.343 e. The van der Waals surface area contributed by atoms with Gasteiger partial charge in [0.05, 0.1) is 6.54 Å². The van der Waals surface area contributed by atoms with Gasteiger partial charge >= 0.3 is 0 Å². The minimum Gasteiger partial charge on any atom is -0.343 e. The van der Waals surface area contributed by atoms with Crippen molar-refractivity contribution in [2.24, 2.45) is 11.7 Å². The summed E-state index contributed by atoms with van der Waals surface area (Å²) in [6.45, 7) is 1.83. The van der Waals surface area contributed by atoms with Crippen LogP contribution in [-0.2, 0) is 4.79 Å². The van der Waals surface area contributed by atoms with Crippen LogP contribution in [0.1, 0.15) is 21.8 Å². The summed E-state index contributed by atoms with van der Waals surface area (Å²) in [6, 6.07) is 19.1. The highest BCUT2D eigenvalue weighted by molar-refractivity contribution is 5.96. The van der Waals surface area contributed by atoms with Crippen molar-refractivity contribution in [3.05, 3.63) is 71.8 Å². The molecule has 3 N–H and O–H groups in total. The molecule has 0 spiro atoms. The first-order chi connectivity index (χ1) is 12.2. The van der Waals surface area contributed by atoms with Gasteiger partial charge in [-0.3, -0.25) is 9.59 Å². The summed E-state index contributed by atoms with van der Waals surface area (Å²) in [6.07, 6.45) is 0. The van der Waals surface area contributed by atoms with E-state index >= 15 is 0 Å². The number of likely N-dealkylation sites (tertiary alicyclic amines) is 1. The van der Waals surface area contributed by atoms with Crippen LogP contribution in [0.25, 0.3) is 0 Å². The van der Waals surface area contributed by atoms with E-state index in [4.69, 9.17) is 5.73 Å². The van der Waals surface area contributed by atoms with Gasteiger partial charge in [-0.2, -0.15) is 0 Å². The highest BCUT2D eigenvalue weighted by Gasteiger charge is 2.35. The summed E-state index contributed by atoms with van der Waals surface area (Å²) in [4.78, 5) is 26.4. The fourth-order valence-electron chi connectivity index (χ4n) is 3.35. The van der Waals surface area contributed by atoms with Gasteiger partial charge in [-0.05, 0) is 30.2 Å². The van der Waals surface area contributed by atoms with Gasteiger partial charge in [0.25, 0.3) is 5.91 Å². The zero-order chi connectivity index (χ0) is 17.6. The Morgan fingerprint density at radius 1 is 1.00 bits per heavy atom. The second-order valence-corrected chi connectivity index (χ2v) is 6.36. The second kappa shape index (κ2) is 7.94. The van der Waals surface area contributed by atoms with Crippen LogP contribution in [0.2, 0.25) is 0 Å². The molecule has 0 unspecified atom stereocenters. The minimum atomic E-state index is -0.233. The van der Waals surface area contributed by atoms with E-state index in [2.05, 4.69) is 17.4 Å². The average Bonchev–Trinajstić information content (AvgIpc) is 3.12. The molecule has 1 heterocycles. The standard InChI is InChI=1S/C20H23N3O2/c21-11-17-13-23(14-18(17)15-7-3-1-4-8-15)19(24)12-22-20(25)16-9-5-2-6-10-16/h1-10,17-18H,11-14,21H2,(H,22,25)/t17-,18+/m1/s1. The number of rotatable bonds is 5. The van der Waals surface area contributed by atoms with Gasteiger partial charge in [-0.25, -0.2) is 0 Å². The zero-order valence-corrected chi connectivity index (χ0v) is 14.1. The van der Waals surface area contributed by atoms with Crippen LogP contribution in [0.15, 0.2) is 60.7 Å². The van der Waals surface area contributed by atoms with Crippen molar-refractivity contribution in [1.82, 2.24) is 10.2 Å². The van der Waals surface area contributed by atoms with Gasteiger partial charge in [0.2, 0.25) is 5.91 Å². The summed E-state index contributed by atoms with van der Waals surface area (Å²) in [5.41, 5.74) is 7.68. The molecule has 2 atom stereocenters. The topological polar surface area (TPSA) is 75.4 Å².